The van der Waals surface area contributed by atoms with Gasteiger partial charge in [-0.15, -0.1) is 0 Å². The number of fused-ring (bicyclic) bond motifs is 8. The third-order valence-electron chi connectivity index (χ3n) is 13.9. The fraction of sp³-hybridized carbons (Fsp3) is 0.0154. The van der Waals surface area contributed by atoms with Crippen LogP contribution in [0.5, 0.6) is 0 Å². The van der Waals surface area contributed by atoms with E-state index in [2.05, 4.69) is 260 Å². The summed E-state index contributed by atoms with van der Waals surface area (Å²) < 4.78 is 6.54. The molecule has 0 aliphatic heterocycles. The van der Waals surface area contributed by atoms with Gasteiger partial charge in [0.2, 0.25) is 0 Å². The molecule has 13 rings (SSSR count). The summed E-state index contributed by atoms with van der Waals surface area (Å²) in [5.74, 6) is 0. The molecule has 0 fully saturated rings. The summed E-state index contributed by atoms with van der Waals surface area (Å²) in [4.78, 5) is 2.46. The smallest absolute Gasteiger partial charge is 0.143 e. The molecule has 0 amide bonds. The van der Waals surface area contributed by atoms with Crippen LogP contribution in [0.25, 0.3) is 77.2 Å². The Kier molecular flexibility index (Phi) is 9.11. The summed E-state index contributed by atoms with van der Waals surface area (Å²) in [6.07, 6.45) is 0. The highest BCUT2D eigenvalue weighted by molar-refractivity contribution is 6.11. The van der Waals surface area contributed by atoms with Crippen LogP contribution in [0.1, 0.15) is 22.3 Å². The van der Waals surface area contributed by atoms with Crippen LogP contribution < -0.4 is 4.90 Å². The second-order valence-electron chi connectivity index (χ2n) is 17.5. The first kappa shape index (κ1) is 38.7. The van der Waals surface area contributed by atoms with Crippen LogP contribution in [-0.2, 0) is 5.41 Å². The Hall–Kier alpha value is -8.72. The van der Waals surface area contributed by atoms with Crippen LogP contribution in [0.2, 0.25) is 0 Å². The lowest BCUT2D eigenvalue weighted by Crippen LogP contribution is -2.29. The Morgan fingerprint density at radius 3 is 1.48 bits per heavy atom. The van der Waals surface area contributed by atoms with Crippen molar-refractivity contribution in [3.8, 4) is 44.5 Å². The van der Waals surface area contributed by atoms with Crippen LogP contribution in [0.15, 0.2) is 265 Å². The van der Waals surface area contributed by atoms with Crippen molar-refractivity contribution in [2.45, 2.75) is 5.41 Å². The van der Waals surface area contributed by atoms with Gasteiger partial charge in [0.05, 0.1) is 11.1 Å². The van der Waals surface area contributed by atoms with E-state index >= 15 is 0 Å². The molecule has 11 aromatic carbocycles. The van der Waals surface area contributed by atoms with Crippen molar-refractivity contribution in [2.75, 3.05) is 4.90 Å². The monoisotopic (exact) mass is 853 g/mol. The van der Waals surface area contributed by atoms with Gasteiger partial charge in [-0.25, -0.2) is 0 Å². The molecule has 1 aliphatic carbocycles. The van der Waals surface area contributed by atoms with E-state index in [0.717, 1.165) is 50.1 Å². The summed E-state index contributed by atoms with van der Waals surface area (Å²) in [5.41, 5.74) is 18.8. The predicted octanol–water partition coefficient (Wildman–Crippen LogP) is 17.6. The molecular weight excluding hydrogens is 811 g/mol. The normalized spacial score (nSPS) is 12.6. The van der Waals surface area contributed by atoms with E-state index in [1.54, 1.807) is 0 Å². The van der Waals surface area contributed by atoms with Crippen molar-refractivity contribution < 1.29 is 4.42 Å². The first-order chi connectivity index (χ1) is 33.3. The predicted molar refractivity (Wildman–Crippen MR) is 280 cm³/mol. The number of hydrogen-bond donors (Lipinski definition) is 0. The van der Waals surface area contributed by atoms with Crippen molar-refractivity contribution in [3.05, 3.63) is 283 Å². The van der Waals surface area contributed by atoms with Gasteiger partial charge < -0.3 is 9.32 Å². The van der Waals surface area contributed by atoms with Gasteiger partial charge in [-0.05, 0) is 109 Å². The van der Waals surface area contributed by atoms with Crippen molar-refractivity contribution in [3.63, 3.8) is 0 Å². The van der Waals surface area contributed by atoms with Crippen LogP contribution in [0, 0.1) is 0 Å². The third kappa shape index (κ3) is 6.11. The molecule has 2 nitrogen and oxygen atoms in total. The highest BCUT2D eigenvalue weighted by Gasteiger charge is 2.49. The number of hydrogen-bond acceptors (Lipinski definition) is 2. The maximum absolute atomic E-state index is 6.54. The molecule has 0 spiro atoms. The topological polar surface area (TPSA) is 16.4 Å². The van der Waals surface area contributed by atoms with Gasteiger partial charge in [-0.1, -0.05) is 218 Å². The Bertz CT molecular complexity index is 3720. The van der Waals surface area contributed by atoms with Gasteiger partial charge in [-0.2, -0.15) is 0 Å². The largest absolute Gasteiger partial charge is 0.455 e. The molecule has 12 aromatic rings. The molecule has 0 radical (unpaired) electrons. The van der Waals surface area contributed by atoms with E-state index < -0.39 is 5.41 Å². The molecule has 67 heavy (non-hydrogen) atoms. The molecule has 0 saturated carbocycles. The van der Waals surface area contributed by atoms with Gasteiger partial charge in [0, 0.05) is 33.3 Å². The molecule has 1 aromatic heterocycles. The van der Waals surface area contributed by atoms with Gasteiger partial charge in [0.25, 0.3) is 0 Å². The van der Waals surface area contributed by atoms with E-state index in [0.29, 0.717) is 0 Å². The number of anilines is 3. The highest BCUT2D eigenvalue weighted by Crippen LogP contribution is 2.62. The lowest BCUT2D eigenvalue weighted by Gasteiger charge is -2.35. The van der Waals surface area contributed by atoms with E-state index in [1.165, 1.54) is 66.4 Å². The maximum Gasteiger partial charge on any atom is 0.143 e. The molecule has 314 valence electrons. The standard InChI is InChI=1S/C65H43NO/c1-5-19-44(20-6-1)45-35-39-50(40-36-45)66(51-41-37-47(38-42-51)52-30-17-31-56-54-28-15-16-34-61(54)67-64(52)56)60-33-18-32-59-62(60)58-43-57(46-21-7-2-8-22-46)53-27-13-14-29-55(53)63(58)65(59,48-23-9-3-10-24-48)49-25-11-4-12-26-49/h1-43H. The van der Waals surface area contributed by atoms with Gasteiger partial charge in [0.1, 0.15) is 11.2 Å². The van der Waals surface area contributed by atoms with Crippen molar-refractivity contribution in [1.82, 2.24) is 0 Å². The lowest BCUT2D eigenvalue weighted by molar-refractivity contribution is 0.670. The molecule has 2 heteroatoms. The molecule has 1 heterocycles. The maximum atomic E-state index is 6.54. The quantitative estimate of drug-likeness (QED) is 0.151. The number of rotatable bonds is 8. The third-order valence-corrected chi connectivity index (χ3v) is 13.9. The molecule has 0 bridgehead atoms. The van der Waals surface area contributed by atoms with Crippen LogP contribution in [0.3, 0.4) is 0 Å². The Balaban J connectivity index is 1.09. The zero-order chi connectivity index (χ0) is 44.3. The second-order valence-corrected chi connectivity index (χ2v) is 17.5. The van der Waals surface area contributed by atoms with Crippen LogP contribution >= 0.6 is 0 Å². The summed E-state index contributed by atoms with van der Waals surface area (Å²) in [7, 11) is 0. The van der Waals surface area contributed by atoms with Crippen molar-refractivity contribution >= 4 is 49.8 Å². The summed E-state index contributed by atoms with van der Waals surface area (Å²) in [6, 6.07) is 95.2. The Morgan fingerprint density at radius 2 is 0.821 bits per heavy atom. The van der Waals surface area contributed by atoms with E-state index in [4.69, 9.17) is 4.42 Å². The van der Waals surface area contributed by atoms with Gasteiger partial charge in [-0.3, -0.25) is 0 Å². The van der Waals surface area contributed by atoms with E-state index in [1.807, 2.05) is 6.07 Å². The lowest BCUT2D eigenvalue weighted by atomic mass is 9.66. The van der Waals surface area contributed by atoms with Crippen LogP contribution in [0.4, 0.5) is 17.1 Å². The van der Waals surface area contributed by atoms with E-state index in [9.17, 15) is 0 Å². The first-order valence-electron chi connectivity index (χ1n) is 23.1. The fourth-order valence-electron chi connectivity index (χ4n) is 11.1. The Labute approximate surface area is 390 Å². The molecule has 0 N–H and O–H groups in total. The Morgan fingerprint density at radius 1 is 0.328 bits per heavy atom. The van der Waals surface area contributed by atoms with Gasteiger partial charge >= 0.3 is 0 Å². The van der Waals surface area contributed by atoms with Crippen molar-refractivity contribution in [1.29, 1.82) is 0 Å². The minimum atomic E-state index is -0.629. The second kappa shape index (κ2) is 15.8. The summed E-state index contributed by atoms with van der Waals surface area (Å²) >= 11 is 0. The highest BCUT2D eigenvalue weighted by atomic mass is 16.3. The zero-order valence-electron chi connectivity index (χ0n) is 36.7. The minimum Gasteiger partial charge on any atom is -0.455 e. The van der Waals surface area contributed by atoms with Gasteiger partial charge in [0.15, 0.2) is 0 Å². The molecule has 0 saturated heterocycles. The molecule has 0 unspecified atom stereocenters. The zero-order valence-corrected chi connectivity index (χ0v) is 36.7. The molecule has 1 aliphatic rings. The number of para-hydroxylation sites is 2. The summed E-state index contributed by atoms with van der Waals surface area (Å²) in [5, 5.41) is 4.74. The molecule has 0 atom stereocenters. The number of benzene rings is 11. The fourth-order valence-corrected chi connectivity index (χ4v) is 11.1. The SMILES string of the molecule is c1ccc(-c2ccc(N(c3ccc(-c4cccc5c4oc4ccccc45)cc3)c3cccc4c3-c3cc(-c5ccccc5)c5ccccc5c3C4(c3ccccc3)c3ccccc3)cc2)cc1. The van der Waals surface area contributed by atoms with Crippen molar-refractivity contribution in [2.24, 2.45) is 0 Å². The number of nitrogens with zero attached hydrogens (tertiary/aromatic N) is 1. The summed E-state index contributed by atoms with van der Waals surface area (Å²) in [6.45, 7) is 0. The minimum absolute atomic E-state index is 0.629. The number of furan rings is 1. The van der Waals surface area contributed by atoms with E-state index in [-0.39, 0.29) is 0 Å². The molecular formula is C65H43NO. The average Bonchev–Trinajstić information content (AvgIpc) is 3.95. The average molecular weight is 854 g/mol. The van der Waals surface area contributed by atoms with Crippen LogP contribution in [-0.4, -0.2) is 0 Å². The first-order valence-corrected chi connectivity index (χ1v) is 23.1.